The summed E-state index contributed by atoms with van der Waals surface area (Å²) in [5.41, 5.74) is 0.981. The van der Waals surface area contributed by atoms with Gasteiger partial charge >= 0.3 is 12.1 Å². The van der Waals surface area contributed by atoms with Crippen LogP contribution in [0.1, 0.15) is 11.3 Å². The van der Waals surface area contributed by atoms with Crippen molar-refractivity contribution in [2.24, 2.45) is 0 Å². The maximum atomic E-state index is 12.2. The van der Waals surface area contributed by atoms with Crippen molar-refractivity contribution < 1.29 is 18.0 Å². The van der Waals surface area contributed by atoms with Gasteiger partial charge in [0.15, 0.2) is 0 Å². The topological polar surface area (TPSA) is 46.1 Å². The molecule has 4 nitrogen and oxygen atoms in total. The van der Waals surface area contributed by atoms with Crippen LogP contribution in [-0.2, 0) is 17.8 Å². The van der Waals surface area contributed by atoms with Crippen molar-refractivity contribution >= 4 is 17.5 Å². The van der Waals surface area contributed by atoms with Gasteiger partial charge in [0.1, 0.15) is 11.5 Å². The minimum Gasteiger partial charge on any atom is -0.329 e. The molecule has 1 aliphatic rings. The second-order valence-corrected chi connectivity index (χ2v) is 3.92. The summed E-state index contributed by atoms with van der Waals surface area (Å²) < 4.78 is 36.7. The lowest BCUT2D eigenvalue weighted by atomic mass is 10.1. The Morgan fingerprint density at radius 1 is 1.41 bits per heavy atom. The molecule has 92 valence electrons. The zero-order chi connectivity index (χ0) is 12.6. The van der Waals surface area contributed by atoms with Crippen LogP contribution in [0.2, 0.25) is 5.15 Å². The van der Waals surface area contributed by atoms with Crippen LogP contribution < -0.4 is 0 Å². The number of carbonyl (C=O) groups excluding carboxylic acids is 1. The van der Waals surface area contributed by atoms with Gasteiger partial charge in [-0.2, -0.15) is 13.2 Å². The van der Waals surface area contributed by atoms with Crippen LogP contribution in [0.5, 0.6) is 0 Å². The van der Waals surface area contributed by atoms with Crippen LogP contribution in [0.25, 0.3) is 0 Å². The molecule has 0 aliphatic carbocycles. The molecule has 1 aromatic rings. The van der Waals surface area contributed by atoms with Gasteiger partial charge in [-0.05, 0) is 6.42 Å². The molecule has 0 N–H and O–H groups in total. The van der Waals surface area contributed by atoms with E-state index in [1.165, 1.54) is 6.33 Å². The van der Waals surface area contributed by atoms with Crippen molar-refractivity contribution in [3.63, 3.8) is 0 Å². The Bertz CT molecular complexity index is 463. The first-order valence-electron chi connectivity index (χ1n) is 4.74. The second kappa shape index (κ2) is 4.14. The van der Waals surface area contributed by atoms with Crippen molar-refractivity contribution in [3.05, 3.63) is 22.7 Å². The van der Waals surface area contributed by atoms with Gasteiger partial charge in [-0.1, -0.05) is 11.6 Å². The largest absolute Gasteiger partial charge is 0.471 e. The predicted octanol–water partition coefficient (Wildman–Crippen LogP) is 1.58. The van der Waals surface area contributed by atoms with Gasteiger partial charge in [0.2, 0.25) is 0 Å². The predicted molar refractivity (Wildman–Crippen MR) is 52.2 cm³/mol. The average molecular weight is 266 g/mol. The van der Waals surface area contributed by atoms with E-state index in [2.05, 4.69) is 9.97 Å². The van der Waals surface area contributed by atoms with Crippen molar-refractivity contribution in [1.29, 1.82) is 0 Å². The molecule has 0 fully saturated rings. The van der Waals surface area contributed by atoms with E-state index in [1.54, 1.807) is 0 Å². The van der Waals surface area contributed by atoms with E-state index in [0.717, 1.165) is 0 Å². The number of aromatic nitrogens is 2. The lowest BCUT2D eigenvalue weighted by Gasteiger charge is -2.28. The molecule has 0 spiro atoms. The third-order valence-corrected chi connectivity index (χ3v) is 2.81. The molecular weight excluding hydrogens is 259 g/mol. The van der Waals surface area contributed by atoms with Crippen LogP contribution in [0, 0.1) is 0 Å². The van der Waals surface area contributed by atoms with E-state index in [1.807, 2.05) is 0 Å². The van der Waals surface area contributed by atoms with Gasteiger partial charge in [-0.3, -0.25) is 4.79 Å². The number of hydrogen-bond acceptors (Lipinski definition) is 3. The van der Waals surface area contributed by atoms with Gasteiger partial charge in [0, 0.05) is 12.1 Å². The number of fused-ring (bicyclic) bond motifs is 1. The lowest BCUT2D eigenvalue weighted by Crippen LogP contribution is -2.44. The summed E-state index contributed by atoms with van der Waals surface area (Å²) in [6.07, 6.45) is -3.45. The minimum atomic E-state index is -4.85. The van der Waals surface area contributed by atoms with Crippen LogP contribution in [0.4, 0.5) is 13.2 Å². The Morgan fingerprint density at radius 2 is 2.12 bits per heavy atom. The SMILES string of the molecule is O=C(N1CCc2c(Cl)ncnc2C1)C(F)(F)F. The number of halogens is 4. The first-order chi connectivity index (χ1) is 7.89. The summed E-state index contributed by atoms with van der Waals surface area (Å²) in [4.78, 5) is 19.3. The van der Waals surface area contributed by atoms with Gasteiger partial charge in [-0.15, -0.1) is 0 Å². The lowest BCUT2D eigenvalue weighted by molar-refractivity contribution is -0.186. The summed E-state index contributed by atoms with van der Waals surface area (Å²) >= 11 is 5.78. The van der Waals surface area contributed by atoms with Crippen LogP contribution in [-0.4, -0.2) is 33.5 Å². The molecule has 2 rings (SSSR count). The highest BCUT2D eigenvalue weighted by Gasteiger charge is 2.43. The zero-order valence-electron chi connectivity index (χ0n) is 8.46. The molecule has 0 atom stereocenters. The minimum absolute atomic E-state index is 0.0293. The highest BCUT2D eigenvalue weighted by Crippen LogP contribution is 2.26. The van der Waals surface area contributed by atoms with E-state index in [0.29, 0.717) is 16.2 Å². The van der Waals surface area contributed by atoms with Gasteiger partial charge < -0.3 is 4.90 Å². The summed E-state index contributed by atoms with van der Waals surface area (Å²) in [6.45, 7) is -0.214. The molecule has 0 radical (unpaired) electrons. The number of alkyl halides is 3. The maximum absolute atomic E-state index is 12.2. The molecule has 1 aromatic heterocycles. The third kappa shape index (κ3) is 2.33. The smallest absolute Gasteiger partial charge is 0.329 e. The number of amides is 1. The maximum Gasteiger partial charge on any atom is 0.471 e. The van der Waals surface area contributed by atoms with E-state index in [4.69, 9.17) is 11.6 Å². The van der Waals surface area contributed by atoms with Crippen LogP contribution >= 0.6 is 11.6 Å². The van der Waals surface area contributed by atoms with Crippen molar-refractivity contribution in [3.8, 4) is 0 Å². The second-order valence-electron chi connectivity index (χ2n) is 3.56. The quantitative estimate of drug-likeness (QED) is 0.669. The van der Waals surface area contributed by atoms with Crippen molar-refractivity contribution in [2.45, 2.75) is 19.1 Å². The Balaban J connectivity index is 2.23. The normalized spacial score (nSPS) is 15.6. The molecular formula is C9H7ClF3N3O. The average Bonchev–Trinajstić information content (AvgIpc) is 2.26. The first-order valence-corrected chi connectivity index (χ1v) is 5.11. The highest BCUT2D eigenvalue weighted by molar-refractivity contribution is 6.30. The third-order valence-electron chi connectivity index (χ3n) is 2.48. The van der Waals surface area contributed by atoms with E-state index >= 15 is 0 Å². The van der Waals surface area contributed by atoms with E-state index in [-0.39, 0.29) is 24.7 Å². The van der Waals surface area contributed by atoms with Crippen molar-refractivity contribution in [2.75, 3.05) is 6.54 Å². The first kappa shape index (κ1) is 12.1. The van der Waals surface area contributed by atoms with Crippen LogP contribution in [0.3, 0.4) is 0 Å². The van der Waals surface area contributed by atoms with E-state index < -0.39 is 12.1 Å². The molecule has 2 heterocycles. The Hall–Kier alpha value is -1.37. The number of hydrogen-bond donors (Lipinski definition) is 0. The standard InChI is InChI=1S/C9H7ClF3N3O/c10-7-5-1-2-16(8(17)9(11,12)13)3-6(5)14-4-15-7/h4H,1-3H2. The number of rotatable bonds is 0. The molecule has 0 saturated heterocycles. The Kier molecular flexibility index (Phi) is 2.94. The summed E-state index contributed by atoms with van der Waals surface area (Å²) in [5, 5.41) is 0.231. The van der Waals surface area contributed by atoms with Gasteiger partial charge in [-0.25, -0.2) is 9.97 Å². The molecule has 0 unspecified atom stereocenters. The number of carbonyl (C=O) groups is 1. The summed E-state index contributed by atoms with van der Waals surface area (Å²) in [7, 11) is 0. The van der Waals surface area contributed by atoms with Crippen LogP contribution in [0.15, 0.2) is 6.33 Å². The molecule has 1 amide bonds. The van der Waals surface area contributed by atoms with Crippen molar-refractivity contribution in [1.82, 2.24) is 14.9 Å². The molecule has 8 heteroatoms. The molecule has 0 aromatic carbocycles. The van der Waals surface area contributed by atoms with Gasteiger partial charge in [0.05, 0.1) is 12.2 Å². The Morgan fingerprint density at radius 3 is 2.76 bits per heavy atom. The fourth-order valence-corrected chi connectivity index (χ4v) is 1.91. The monoisotopic (exact) mass is 265 g/mol. The molecule has 0 saturated carbocycles. The highest BCUT2D eigenvalue weighted by atomic mass is 35.5. The zero-order valence-corrected chi connectivity index (χ0v) is 9.22. The van der Waals surface area contributed by atoms with E-state index in [9.17, 15) is 18.0 Å². The molecule has 0 bridgehead atoms. The van der Waals surface area contributed by atoms with Gasteiger partial charge in [0.25, 0.3) is 0 Å². The summed E-state index contributed by atoms with van der Waals surface area (Å²) in [6, 6.07) is 0. The fraction of sp³-hybridized carbons (Fsp3) is 0.444. The molecule has 17 heavy (non-hydrogen) atoms. The fourth-order valence-electron chi connectivity index (χ4n) is 1.67. The summed E-state index contributed by atoms with van der Waals surface area (Å²) in [5.74, 6) is -1.85. The number of nitrogens with zero attached hydrogens (tertiary/aromatic N) is 3. The molecule has 1 aliphatic heterocycles. The Labute approximate surface area is 99.4 Å².